The van der Waals surface area contributed by atoms with E-state index in [-0.39, 0.29) is 6.04 Å². The van der Waals surface area contributed by atoms with E-state index in [1.807, 2.05) is 45.0 Å². The van der Waals surface area contributed by atoms with Gasteiger partial charge in [-0.05, 0) is 82.3 Å². The average Bonchev–Trinajstić information content (AvgIpc) is 3.13. The van der Waals surface area contributed by atoms with Crippen molar-refractivity contribution in [3.05, 3.63) is 53.5 Å². The number of aromatic nitrogens is 3. The van der Waals surface area contributed by atoms with Crippen molar-refractivity contribution in [1.82, 2.24) is 15.1 Å². The molecule has 2 N–H and O–H groups in total. The van der Waals surface area contributed by atoms with E-state index >= 15 is 0 Å². The summed E-state index contributed by atoms with van der Waals surface area (Å²) in [6.45, 7) is 7.32. The van der Waals surface area contributed by atoms with E-state index in [9.17, 15) is 4.79 Å². The van der Waals surface area contributed by atoms with Gasteiger partial charge in [0.2, 0.25) is 0 Å². The van der Waals surface area contributed by atoms with Gasteiger partial charge in [-0.2, -0.15) is 4.98 Å². The second-order valence-corrected chi connectivity index (χ2v) is 8.68. The highest BCUT2D eigenvalue weighted by Crippen LogP contribution is 2.36. The topological polar surface area (TPSA) is 102 Å². The number of ether oxygens (including phenoxy) is 1. The lowest BCUT2D eigenvalue weighted by Crippen LogP contribution is -2.27. The molecule has 1 atom stereocenters. The summed E-state index contributed by atoms with van der Waals surface area (Å²) in [6.07, 6.45) is 4.25. The highest BCUT2D eigenvalue weighted by molar-refractivity contribution is 5.85. The zero-order valence-electron chi connectivity index (χ0n) is 18.2. The molecule has 0 saturated heterocycles. The smallest absolute Gasteiger partial charge is 0.412 e. The molecule has 8 heteroatoms. The average molecular weight is 422 g/mol. The Bertz CT molecular complexity index is 1090. The third kappa shape index (κ3) is 5.02. The predicted molar refractivity (Wildman–Crippen MR) is 118 cm³/mol. The van der Waals surface area contributed by atoms with Gasteiger partial charge >= 0.3 is 6.09 Å². The molecule has 0 bridgehead atoms. The molecule has 31 heavy (non-hydrogen) atoms. The van der Waals surface area contributed by atoms with Gasteiger partial charge in [-0.1, -0.05) is 11.2 Å². The summed E-state index contributed by atoms with van der Waals surface area (Å²) in [5, 5.41) is 10.3. The van der Waals surface area contributed by atoms with Crippen LogP contribution < -0.4 is 10.6 Å². The van der Waals surface area contributed by atoms with Gasteiger partial charge in [0.15, 0.2) is 5.82 Å². The van der Waals surface area contributed by atoms with Gasteiger partial charge in [-0.3, -0.25) is 5.32 Å². The minimum Gasteiger partial charge on any atom is -0.444 e. The van der Waals surface area contributed by atoms with Crippen molar-refractivity contribution in [2.24, 2.45) is 0 Å². The van der Waals surface area contributed by atoms with Crippen molar-refractivity contribution in [3.8, 4) is 11.5 Å². The molecule has 8 nitrogen and oxygen atoms in total. The molecule has 1 aliphatic rings. The lowest BCUT2D eigenvalue weighted by molar-refractivity contribution is 0.0636. The SMILES string of the molecule is Cc1noc(-c2cccnc2NC2CCCc3cc(NC(=O)OC(C)(C)C)ccc32)n1. The third-order valence-electron chi connectivity index (χ3n) is 4.98. The van der Waals surface area contributed by atoms with Gasteiger partial charge in [0.05, 0.1) is 11.6 Å². The van der Waals surface area contributed by atoms with Crippen molar-refractivity contribution in [1.29, 1.82) is 0 Å². The number of amides is 1. The molecule has 0 spiro atoms. The number of nitrogens with zero attached hydrogens (tertiary/aromatic N) is 3. The van der Waals surface area contributed by atoms with E-state index in [1.54, 1.807) is 13.1 Å². The molecule has 0 radical (unpaired) electrons. The first-order chi connectivity index (χ1) is 14.8. The van der Waals surface area contributed by atoms with Crippen LogP contribution in [0.3, 0.4) is 0 Å². The number of aryl methyl sites for hydroxylation is 2. The molecule has 0 aliphatic heterocycles. The molecule has 162 valence electrons. The maximum absolute atomic E-state index is 12.1. The van der Waals surface area contributed by atoms with Crippen LogP contribution in [0.1, 0.15) is 56.6 Å². The molecule has 4 rings (SSSR count). The summed E-state index contributed by atoms with van der Waals surface area (Å²) in [6, 6.07) is 9.84. The second-order valence-electron chi connectivity index (χ2n) is 8.68. The van der Waals surface area contributed by atoms with Gasteiger partial charge in [0, 0.05) is 11.9 Å². The molecule has 1 unspecified atom stereocenters. The molecule has 1 aliphatic carbocycles. The summed E-state index contributed by atoms with van der Waals surface area (Å²) < 4.78 is 10.7. The van der Waals surface area contributed by atoms with Crippen LogP contribution in [0.5, 0.6) is 0 Å². The first-order valence-electron chi connectivity index (χ1n) is 10.4. The monoisotopic (exact) mass is 421 g/mol. The number of hydrogen-bond donors (Lipinski definition) is 2. The summed E-state index contributed by atoms with van der Waals surface area (Å²) in [5.74, 6) is 1.74. The van der Waals surface area contributed by atoms with E-state index in [0.717, 1.165) is 30.5 Å². The minimum atomic E-state index is -0.537. The first kappa shape index (κ1) is 20.8. The Morgan fingerprint density at radius 1 is 1.26 bits per heavy atom. The normalized spacial score (nSPS) is 15.8. The molecular formula is C23H27N5O3. The molecule has 0 fully saturated rings. The number of pyridine rings is 1. The van der Waals surface area contributed by atoms with Crippen LogP contribution in [-0.4, -0.2) is 26.8 Å². The zero-order chi connectivity index (χ0) is 22.0. The van der Waals surface area contributed by atoms with Crippen molar-refractivity contribution < 1.29 is 14.1 Å². The number of carbonyl (C=O) groups excluding carboxylic acids is 1. The summed E-state index contributed by atoms with van der Waals surface area (Å²) in [7, 11) is 0. The molecular weight excluding hydrogens is 394 g/mol. The van der Waals surface area contributed by atoms with Gasteiger partial charge in [-0.15, -0.1) is 0 Å². The van der Waals surface area contributed by atoms with Gasteiger partial charge in [0.1, 0.15) is 11.4 Å². The van der Waals surface area contributed by atoms with E-state index in [1.165, 1.54) is 11.1 Å². The van der Waals surface area contributed by atoms with Crippen LogP contribution in [0.15, 0.2) is 41.1 Å². The molecule has 1 amide bonds. The Balaban J connectivity index is 1.54. The number of nitrogens with one attached hydrogen (secondary N) is 2. The van der Waals surface area contributed by atoms with Crippen molar-refractivity contribution in [2.75, 3.05) is 10.6 Å². The molecule has 2 aromatic heterocycles. The molecule has 0 saturated carbocycles. The van der Waals surface area contributed by atoms with E-state index in [4.69, 9.17) is 9.26 Å². The fourth-order valence-electron chi connectivity index (χ4n) is 3.73. The standard InChI is InChI=1S/C23H27N5O3/c1-14-25-21(31-28-14)18-8-6-12-24-20(18)27-19-9-5-7-15-13-16(10-11-17(15)19)26-22(29)30-23(2,3)4/h6,8,10-13,19H,5,7,9H2,1-4H3,(H,24,27)(H,26,29). The number of carbonyl (C=O) groups is 1. The fourth-order valence-corrected chi connectivity index (χ4v) is 3.73. The predicted octanol–water partition coefficient (Wildman–Crippen LogP) is 5.28. The number of hydrogen-bond acceptors (Lipinski definition) is 7. The number of rotatable bonds is 4. The summed E-state index contributed by atoms with van der Waals surface area (Å²) in [5.41, 5.74) is 3.36. The first-order valence-corrected chi connectivity index (χ1v) is 10.4. The summed E-state index contributed by atoms with van der Waals surface area (Å²) in [4.78, 5) is 20.9. The zero-order valence-corrected chi connectivity index (χ0v) is 18.2. The van der Waals surface area contributed by atoms with Crippen LogP contribution in [-0.2, 0) is 11.2 Å². The van der Waals surface area contributed by atoms with Crippen molar-refractivity contribution in [2.45, 2.75) is 58.6 Å². The van der Waals surface area contributed by atoms with Gasteiger partial charge < -0.3 is 14.6 Å². The van der Waals surface area contributed by atoms with Gasteiger partial charge in [0.25, 0.3) is 5.89 Å². The Hall–Kier alpha value is -3.42. The molecule has 1 aromatic carbocycles. The van der Waals surface area contributed by atoms with Crippen LogP contribution in [0, 0.1) is 6.92 Å². The molecule has 2 heterocycles. The van der Waals surface area contributed by atoms with Gasteiger partial charge in [-0.25, -0.2) is 9.78 Å². The fraction of sp³-hybridized carbons (Fsp3) is 0.391. The van der Waals surface area contributed by atoms with Crippen LogP contribution in [0.4, 0.5) is 16.3 Å². The summed E-state index contributed by atoms with van der Waals surface area (Å²) >= 11 is 0. The Morgan fingerprint density at radius 3 is 2.84 bits per heavy atom. The largest absolute Gasteiger partial charge is 0.444 e. The Morgan fingerprint density at radius 2 is 2.10 bits per heavy atom. The van der Waals surface area contributed by atoms with Crippen molar-refractivity contribution >= 4 is 17.6 Å². The quantitative estimate of drug-likeness (QED) is 0.591. The van der Waals surface area contributed by atoms with E-state index < -0.39 is 11.7 Å². The number of benzene rings is 1. The third-order valence-corrected chi connectivity index (χ3v) is 4.98. The minimum absolute atomic E-state index is 0.0944. The Labute approximate surface area is 181 Å². The van der Waals surface area contributed by atoms with E-state index in [2.05, 4.69) is 31.8 Å². The van der Waals surface area contributed by atoms with Crippen LogP contribution in [0.25, 0.3) is 11.5 Å². The lowest BCUT2D eigenvalue weighted by atomic mass is 9.87. The maximum Gasteiger partial charge on any atom is 0.412 e. The highest BCUT2D eigenvalue weighted by Gasteiger charge is 2.23. The van der Waals surface area contributed by atoms with Crippen LogP contribution >= 0.6 is 0 Å². The number of anilines is 2. The van der Waals surface area contributed by atoms with Crippen molar-refractivity contribution in [3.63, 3.8) is 0 Å². The Kier molecular flexibility index (Phi) is 5.63. The lowest BCUT2D eigenvalue weighted by Gasteiger charge is -2.28. The molecule has 3 aromatic rings. The van der Waals surface area contributed by atoms with E-state index in [0.29, 0.717) is 17.5 Å². The second kappa shape index (κ2) is 8.37. The number of fused-ring (bicyclic) bond motifs is 1. The highest BCUT2D eigenvalue weighted by atomic mass is 16.6. The van der Waals surface area contributed by atoms with Crippen LogP contribution in [0.2, 0.25) is 0 Å². The maximum atomic E-state index is 12.1.